The Morgan fingerprint density at radius 1 is 1.62 bits per heavy atom. The van der Waals surface area contributed by atoms with Gasteiger partial charge in [0, 0.05) is 0 Å². The first kappa shape index (κ1) is 5.72. The summed E-state index contributed by atoms with van der Waals surface area (Å²) in [6.07, 6.45) is 2.77. The van der Waals surface area contributed by atoms with E-state index in [1.54, 1.807) is 0 Å². The Hall–Kier alpha value is -0.410. The first-order valence-electron chi connectivity index (χ1n) is 2.80. The van der Waals surface area contributed by atoms with Gasteiger partial charge < -0.3 is 10.5 Å². The fourth-order valence-corrected chi connectivity index (χ4v) is 0.908. The molecule has 0 radical (unpaired) electrons. The largest absolute Gasteiger partial charge is 0.316 e. The van der Waals surface area contributed by atoms with Gasteiger partial charge in [-0.2, -0.15) is 0 Å². The fourth-order valence-electron chi connectivity index (χ4n) is 0.908. The van der Waals surface area contributed by atoms with Crippen LogP contribution in [0.3, 0.4) is 0 Å². The predicted octanol–water partition coefficient (Wildman–Crippen LogP) is -0.778. The molecule has 0 bridgehead atoms. The highest BCUT2D eigenvalue weighted by atomic mass is 16.1. The van der Waals surface area contributed by atoms with Crippen LogP contribution in [0.15, 0.2) is 0 Å². The second kappa shape index (κ2) is 2.24. The molecule has 0 spiro atoms. The van der Waals surface area contributed by atoms with Crippen LogP contribution < -0.4 is 11.1 Å². The van der Waals surface area contributed by atoms with E-state index in [9.17, 15) is 4.79 Å². The molecule has 0 saturated carbocycles. The number of carbonyl (C=O) groups excluding carboxylic acids is 1. The Labute approximate surface area is 48.2 Å². The van der Waals surface area contributed by atoms with Crippen LogP contribution in [0.2, 0.25) is 0 Å². The van der Waals surface area contributed by atoms with E-state index in [-0.39, 0.29) is 12.2 Å². The molecule has 8 heavy (non-hydrogen) atoms. The van der Waals surface area contributed by atoms with E-state index in [0.717, 1.165) is 19.1 Å². The molecular weight excluding hydrogens is 104 g/mol. The molecule has 3 N–H and O–H groups in total. The Kier molecular flexibility index (Phi) is 1.60. The van der Waals surface area contributed by atoms with E-state index in [2.05, 4.69) is 5.32 Å². The Morgan fingerprint density at radius 3 is 2.62 bits per heavy atom. The Morgan fingerprint density at radius 2 is 2.38 bits per heavy atom. The molecule has 0 aromatic rings. The van der Waals surface area contributed by atoms with Gasteiger partial charge >= 0.3 is 0 Å². The number of nitrogens with one attached hydrogen (secondary N) is 1. The van der Waals surface area contributed by atoms with Gasteiger partial charge in [0.15, 0.2) is 0 Å². The van der Waals surface area contributed by atoms with Gasteiger partial charge in [-0.15, -0.1) is 0 Å². The normalized spacial score (nSPS) is 37.6. The molecular formula is C5H10N2O. The van der Waals surface area contributed by atoms with Crippen LogP contribution >= 0.6 is 0 Å². The minimum Gasteiger partial charge on any atom is -0.316 e. The van der Waals surface area contributed by atoms with Crippen molar-refractivity contribution in [1.82, 2.24) is 5.32 Å². The summed E-state index contributed by atoms with van der Waals surface area (Å²) in [7, 11) is 0. The van der Waals surface area contributed by atoms with E-state index in [1.807, 2.05) is 0 Å². The zero-order chi connectivity index (χ0) is 5.98. The number of hydrogen-bond acceptors (Lipinski definition) is 3. The van der Waals surface area contributed by atoms with Crippen LogP contribution in [0.5, 0.6) is 0 Å². The zero-order valence-corrected chi connectivity index (χ0v) is 4.63. The molecule has 2 unspecified atom stereocenters. The maximum atomic E-state index is 10.0. The van der Waals surface area contributed by atoms with Crippen molar-refractivity contribution in [2.24, 2.45) is 5.73 Å². The van der Waals surface area contributed by atoms with Crippen molar-refractivity contribution in [3.8, 4) is 0 Å². The summed E-state index contributed by atoms with van der Waals surface area (Å²) >= 11 is 0. The summed E-state index contributed by atoms with van der Waals surface area (Å²) in [5, 5.41) is 2.91. The third-order valence-corrected chi connectivity index (χ3v) is 1.38. The molecule has 3 heteroatoms. The van der Waals surface area contributed by atoms with Crippen molar-refractivity contribution in [3.63, 3.8) is 0 Å². The first-order chi connectivity index (χ1) is 3.83. The van der Waals surface area contributed by atoms with Crippen LogP contribution in [-0.2, 0) is 4.79 Å². The highest BCUT2D eigenvalue weighted by Gasteiger charge is 2.18. The Bertz CT molecular complexity index is 94.4. The second-order valence-corrected chi connectivity index (χ2v) is 2.09. The number of aldehydes is 1. The molecule has 3 nitrogen and oxygen atoms in total. The molecule has 1 fully saturated rings. The van der Waals surface area contributed by atoms with E-state index >= 15 is 0 Å². The molecule has 46 valence electrons. The molecule has 0 amide bonds. The predicted molar refractivity (Wildman–Crippen MR) is 30.2 cm³/mol. The molecule has 1 rings (SSSR count). The van der Waals surface area contributed by atoms with Crippen LogP contribution in [0.25, 0.3) is 0 Å². The van der Waals surface area contributed by atoms with Crippen molar-refractivity contribution in [3.05, 3.63) is 0 Å². The average molecular weight is 114 g/mol. The van der Waals surface area contributed by atoms with Crippen molar-refractivity contribution in [1.29, 1.82) is 0 Å². The zero-order valence-electron chi connectivity index (χ0n) is 4.63. The molecule has 0 aliphatic carbocycles. The maximum absolute atomic E-state index is 10.0. The lowest BCUT2D eigenvalue weighted by Crippen LogP contribution is -2.36. The summed E-state index contributed by atoms with van der Waals surface area (Å²) in [6, 6.07) is 0.0185. The third-order valence-electron chi connectivity index (χ3n) is 1.38. The number of nitrogens with two attached hydrogens (primary N) is 1. The number of carbonyl (C=O) groups is 1. The molecule has 1 heterocycles. The van der Waals surface area contributed by atoms with Crippen molar-refractivity contribution in [2.45, 2.75) is 25.0 Å². The number of hydrogen-bond donors (Lipinski definition) is 2. The van der Waals surface area contributed by atoms with Gasteiger partial charge in [-0.3, -0.25) is 5.32 Å². The van der Waals surface area contributed by atoms with Gasteiger partial charge in [-0.1, -0.05) is 0 Å². The summed E-state index contributed by atoms with van der Waals surface area (Å²) in [5.74, 6) is 0. The van der Waals surface area contributed by atoms with Crippen molar-refractivity contribution in [2.75, 3.05) is 0 Å². The quantitative estimate of drug-likeness (QED) is 0.440. The van der Waals surface area contributed by atoms with Gasteiger partial charge in [-0.05, 0) is 12.8 Å². The molecule has 1 aliphatic heterocycles. The van der Waals surface area contributed by atoms with Crippen LogP contribution in [-0.4, -0.2) is 18.5 Å². The SMILES string of the molecule is NC1CCC(C=O)N1. The molecule has 0 aromatic heterocycles. The van der Waals surface area contributed by atoms with E-state index < -0.39 is 0 Å². The van der Waals surface area contributed by atoms with Gasteiger partial charge in [0.1, 0.15) is 6.29 Å². The lowest BCUT2D eigenvalue weighted by Gasteiger charge is -2.01. The fraction of sp³-hybridized carbons (Fsp3) is 0.800. The minimum absolute atomic E-state index is 0.0185. The van der Waals surface area contributed by atoms with Gasteiger partial charge in [0.25, 0.3) is 0 Å². The Balaban J connectivity index is 2.32. The van der Waals surface area contributed by atoms with E-state index in [4.69, 9.17) is 5.73 Å². The molecule has 1 saturated heterocycles. The maximum Gasteiger partial charge on any atom is 0.136 e. The van der Waals surface area contributed by atoms with Gasteiger partial charge in [0.05, 0.1) is 12.2 Å². The minimum atomic E-state index is 0.0185. The summed E-state index contributed by atoms with van der Waals surface area (Å²) in [5.41, 5.74) is 5.43. The van der Waals surface area contributed by atoms with Crippen molar-refractivity contribution < 1.29 is 4.79 Å². The molecule has 2 atom stereocenters. The monoisotopic (exact) mass is 114 g/mol. The van der Waals surface area contributed by atoms with Crippen LogP contribution in [0.1, 0.15) is 12.8 Å². The third kappa shape index (κ3) is 1.05. The van der Waals surface area contributed by atoms with Crippen LogP contribution in [0, 0.1) is 0 Å². The van der Waals surface area contributed by atoms with Crippen LogP contribution in [0.4, 0.5) is 0 Å². The topological polar surface area (TPSA) is 55.1 Å². The summed E-state index contributed by atoms with van der Waals surface area (Å²) < 4.78 is 0. The standard InChI is InChI=1S/C5H10N2O/c6-5-2-1-4(3-8)7-5/h3-5,7H,1-2,6H2. The summed E-state index contributed by atoms with van der Waals surface area (Å²) in [6.45, 7) is 0. The smallest absolute Gasteiger partial charge is 0.136 e. The number of rotatable bonds is 1. The lowest BCUT2D eigenvalue weighted by atomic mass is 10.2. The molecule has 0 aromatic carbocycles. The van der Waals surface area contributed by atoms with E-state index in [0.29, 0.717) is 0 Å². The average Bonchev–Trinajstić information content (AvgIpc) is 2.14. The summed E-state index contributed by atoms with van der Waals surface area (Å²) in [4.78, 5) is 10.0. The first-order valence-corrected chi connectivity index (χ1v) is 2.80. The highest BCUT2D eigenvalue weighted by Crippen LogP contribution is 2.05. The second-order valence-electron chi connectivity index (χ2n) is 2.09. The van der Waals surface area contributed by atoms with Gasteiger partial charge in [-0.25, -0.2) is 0 Å². The van der Waals surface area contributed by atoms with Crippen molar-refractivity contribution >= 4 is 6.29 Å². The highest BCUT2D eigenvalue weighted by molar-refractivity contribution is 5.58. The molecule has 1 aliphatic rings. The lowest BCUT2D eigenvalue weighted by molar-refractivity contribution is -0.109. The van der Waals surface area contributed by atoms with Gasteiger partial charge in [0.2, 0.25) is 0 Å². The van der Waals surface area contributed by atoms with E-state index in [1.165, 1.54) is 0 Å².